The molecular weight excluding hydrogens is 128 g/mol. The molecule has 1 aliphatic rings. The second-order valence-corrected chi connectivity index (χ2v) is 2.37. The SMILES string of the molecule is [2H]C([2H])([2H])C([2H])([2H])N1CCC[C@H]1C(N)=O. The Bertz CT molecular complexity index is 265. The van der Waals surface area contributed by atoms with E-state index in [1.165, 1.54) is 0 Å². The lowest BCUT2D eigenvalue weighted by Crippen LogP contribution is -2.39. The van der Waals surface area contributed by atoms with Crippen LogP contribution in [-0.2, 0) is 4.79 Å². The summed E-state index contributed by atoms with van der Waals surface area (Å²) in [5.74, 6) is -0.666. The number of rotatable bonds is 2. The van der Waals surface area contributed by atoms with Crippen molar-refractivity contribution in [2.75, 3.05) is 13.0 Å². The molecule has 0 aromatic carbocycles. The Labute approximate surface area is 68.2 Å². The van der Waals surface area contributed by atoms with Crippen LogP contribution in [0.3, 0.4) is 0 Å². The van der Waals surface area contributed by atoms with E-state index in [0.717, 1.165) is 4.90 Å². The molecule has 0 aliphatic carbocycles. The van der Waals surface area contributed by atoms with Crippen molar-refractivity contribution >= 4 is 5.91 Å². The Morgan fingerprint density at radius 1 is 2.10 bits per heavy atom. The molecule has 0 bridgehead atoms. The normalized spacial score (nSPS) is 37.2. The second kappa shape index (κ2) is 3.01. The van der Waals surface area contributed by atoms with E-state index in [1.54, 1.807) is 0 Å². The maximum atomic E-state index is 11.0. The number of carbonyl (C=O) groups is 1. The van der Waals surface area contributed by atoms with E-state index in [2.05, 4.69) is 0 Å². The van der Waals surface area contributed by atoms with Gasteiger partial charge in [-0.25, -0.2) is 0 Å². The fourth-order valence-electron chi connectivity index (χ4n) is 1.20. The summed E-state index contributed by atoms with van der Waals surface area (Å²) in [7, 11) is 0. The lowest BCUT2D eigenvalue weighted by atomic mass is 10.2. The van der Waals surface area contributed by atoms with Gasteiger partial charge in [-0.2, -0.15) is 0 Å². The summed E-state index contributed by atoms with van der Waals surface area (Å²) in [5, 5.41) is 0. The van der Waals surface area contributed by atoms with Crippen LogP contribution in [0, 0.1) is 0 Å². The molecule has 0 spiro atoms. The van der Waals surface area contributed by atoms with Crippen LogP contribution in [-0.4, -0.2) is 29.9 Å². The average molecular weight is 147 g/mol. The predicted octanol–water partition coefficient (Wildman–Crippen LogP) is -0.0440. The quantitative estimate of drug-likeness (QED) is 0.595. The average Bonchev–Trinajstić information content (AvgIpc) is 2.48. The summed E-state index contributed by atoms with van der Waals surface area (Å²) >= 11 is 0. The van der Waals surface area contributed by atoms with Crippen LogP contribution in [0.25, 0.3) is 0 Å². The molecule has 0 unspecified atom stereocenters. The van der Waals surface area contributed by atoms with Crippen LogP contribution in [0.4, 0.5) is 0 Å². The molecule has 1 rings (SSSR count). The second-order valence-electron chi connectivity index (χ2n) is 2.37. The monoisotopic (exact) mass is 147 g/mol. The molecule has 1 aliphatic heterocycles. The van der Waals surface area contributed by atoms with Crippen molar-refractivity contribution in [1.82, 2.24) is 4.90 Å². The number of nitrogens with two attached hydrogens (primary N) is 1. The number of amides is 1. The minimum Gasteiger partial charge on any atom is -0.368 e. The maximum absolute atomic E-state index is 11.0. The highest BCUT2D eigenvalue weighted by atomic mass is 16.1. The first-order chi connectivity index (χ1) is 6.68. The van der Waals surface area contributed by atoms with Crippen LogP contribution in [0.2, 0.25) is 0 Å². The Morgan fingerprint density at radius 3 is 3.50 bits per heavy atom. The summed E-state index contributed by atoms with van der Waals surface area (Å²) in [4.78, 5) is 12.1. The highest BCUT2D eigenvalue weighted by Gasteiger charge is 2.26. The summed E-state index contributed by atoms with van der Waals surface area (Å²) < 4.78 is 36.3. The van der Waals surface area contributed by atoms with Gasteiger partial charge in [0.2, 0.25) is 5.91 Å². The van der Waals surface area contributed by atoms with Gasteiger partial charge in [-0.3, -0.25) is 9.69 Å². The molecule has 2 N–H and O–H groups in total. The molecule has 0 aromatic rings. The first kappa shape index (κ1) is 3.22. The van der Waals surface area contributed by atoms with Gasteiger partial charge in [-0.15, -0.1) is 0 Å². The third-order valence-corrected chi connectivity index (χ3v) is 1.72. The van der Waals surface area contributed by atoms with Crippen LogP contribution in [0.15, 0.2) is 0 Å². The Hall–Kier alpha value is -0.570. The molecule has 3 nitrogen and oxygen atoms in total. The van der Waals surface area contributed by atoms with Crippen molar-refractivity contribution in [2.45, 2.75) is 25.7 Å². The van der Waals surface area contributed by atoms with E-state index in [9.17, 15) is 4.79 Å². The van der Waals surface area contributed by atoms with Crippen molar-refractivity contribution < 1.29 is 11.6 Å². The minimum absolute atomic E-state index is 0.249. The van der Waals surface area contributed by atoms with Gasteiger partial charge in [0.15, 0.2) is 0 Å². The Balaban J connectivity index is 2.91. The van der Waals surface area contributed by atoms with Gasteiger partial charge in [0.1, 0.15) is 0 Å². The maximum Gasteiger partial charge on any atom is 0.234 e. The predicted molar refractivity (Wildman–Crippen MR) is 39.5 cm³/mol. The summed E-state index contributed by atoms with van der Waals surface area (Å²) in [6.07, 6.45) is 1.01. The van der Waals surface area contributed by atoms with Gasteiger partial charge >= 0.3 is 0 Å². The van der Waals surface area contributed by atoms with E-state index in [0.29, 0.717) is 12.8 Å². The van der Waals surface area contributed by atoms with E-state index in [4.69, 9.17) is 12.6 Å². The number of nitrogens with zero attached hydrogens (tertiary/aromatic N) is 1. The third-order valence-electron chi connectivity index (χ3n) is 1.72. The number of likely N-dealkylation sites (N-methyl/N-ethyl adjacent to an activating group) is 1. The zero-order valence-electron chi connectivity index (χ0n) is 10.6. The highest BCUT2D eigenvalue weighted by molar-refractivity contribution is 5.80. The Morgan fingerprint density at radius 2 is 2.90 bits per heavy atom. The minimum atomic E-state index is -2.77. The summed E-state index contributed by atoms with van der Waals surface area (Å²) in [6, 6.07) is -0.805. The van der Waals surface area contributed by atoms with Gasteiger partial charge in [0.25, 0.3) is 0 Å². The van der Waals surface area contributed by atoms with E-state index in [1.807, 2.05) is 0 Å². The smallest absolute Gasteiger partial charge is 0.234 e. The summed E-state index contributed by atoms with van der Waals surface area (Å²) in [5.41, 5.74) is 5.10. The largest absolute Gasteiger partial charge is 0.368 e. The first-order valence-electron chi connectivity index (χ1n) is 5.74. The molecule has 0 radical (unpaired) electrons. The number of carbonyl (C=O) groups excluding carboxylic acids is 1. The number of primary amides is 1. The fraction of sp³-hybridized carbons (Fsp3) is 0.857. The molecule has 1 heterocycles. The molecule has 3 heteroatoms. The number of hydrogen-bond acceptors (Lipinski definition) is 2. The summed E-state index contributed by atoms with van der Waals surface area (Å²) in [6.45, 7) is -5.02. The van der Waals surface area contributed by atoms with Crippen LogP contribution in [0.1, 0.15) is 26.5 Å². The van der Waals surface area contributed by atoms with E-state index < -0.39 is 25.3 Å². The molecule has 1 fully saturated rings. The molecular formula is C7H14N2O. The van der Waals surface area contributed by atoms with Crippen molar-refractivity contribution in [3.05, 3.63) is 0 Å². The van der Waals surface area contributed by atoms with Gasteiger partial charge in [-0.1, -0.05) is 6.85 Å². The first-order valence-corrected chi connectivity index (χ1v) is 3.24. The fourth-order valence-corrected chi connectivity index (χ4v) is 1.20. The Kier molecular flexibility index (Phi) is 0.969. The van der Waals surface area contributed by atoms with E-state index >= 15 is 0 Å². The molecule has 1 amide bonds. The molecule has 0 saturated carbocycles. The van der Waals surface area contributed by atoms with Crippen LogP contribution >= 0.6 is 0 Å². The van der Waals surface area contributed by atoms with Gasteiger partial charge in [-0.05, 0) is 25.9 Å². The molecule has 0 aromatic heterocycles. The lowest BCUT2D eigenvalue weighted by molar-refractivity contribution is -0.122. The molecule has 58 valence electrons. The molecule has 1 atom stereocenters. The molecule has 10 heavy (non-hydrogen) atoms. The zero-order chi connectivity index (χ0) is 11.9. The van der Waals surface area contributed by atoms with Crippen molar-refractivity contribution in [1.29, 1.82) is 0 Å². The van der Waals surface area contributed by atoms with Crippen molar-refractivity contribution in [3.63, 3.8) is 0 Å². The van der Waals surface area contributed by atoms with Gasteiger partial charge < -0.3 is 5.73 Å². The number of hydrogen-bond donors (Lipinski definition) is 1. The van der Waals surface area contributed by atoms with Gasteiger partial charge in [0.05, 0.1) is 6.04 Å². The third kappa shape index (κ3) is 1.29. The molecule has 1 saturated heterocycles. The van der Waals surface area contributed by atoms with Crippen LogP contribution in [0.5, 0.6) is 0 Å². The van der Waals surface area contributed by atoms with Crippen molar-refractivity contribution in [3.8, 4) is 0 Å². The van der Waals surface area contributed by atoms with Crippen molar-refractivity contribution in [2.24, 2.45) is 5.73 Å². The standard InChI is InChI=1S/C7H14N2O/c1-2-9-5-3-4-6(9)7(8)10/h6H,2-5H2,1H3,(H2,8,10)/t6-/m0/s1/i1D3,2D2. The zero-order valence-corrected chi connectivity index (χ0v) is 5.63. The van der Waals surface area contributed by atoms with Gasteiger partial charge in [0, 0.05) is 6.85 Å². The highest BCUT2D eigenvalue weighted by Crippen LogP contribution is 2.15. The topological polar surface area (TPSA) is 46.3 Å². The van der Waals surface area contributed by atoms with Crippen LogP contribution < -0.4 is 5.73 Å². The number of likely N-dealkylation sites (tertiary alicyclic amines) is 1. The van der Waals surface area contributed by atoms with E-state index in [-0.39, 0.29) is 6.54 Å². The lowest BCUT2D eigenvalue weighted by Gasteiger charge is -2.18.